The lowest BCUT2D eigenvalue weighted by Crippen LogP contribution is -1.98. The Labute approximate surface area is 140 Å². The summed E-state index contributed by atoms with van der Waals surface area (Å²) in [6.07, 6.45) is 4.92. The highest BCUT2D eigenvalue weighted by Crippen LogP contribution is 2.23. The van der Waals surface area contributed by atoms with Gasteiger partial charge in [-0.3, -0.25) is 0 Å². The number of aromatic nitrogens is 6. The summed E-state index contributed by atoms with van der Waals surface area (Å²) in [5, 5.41) is 10.2. The van der Waals surface area contributed by atoms with Crippen LogP contribution in [0.2, 0.25) is 5.02 Å². The summed E-state index contributed by atoms with van der Waals surface area (Å²) in [4.78, 5) is 9.00. The normalized spacial score (nSPS) is 11.5. The van der Waals surface area contributed by atoms with E-state index in [1.54, 1.807) is 34.1 Å². The van der Waals surface area contributed by atoms with Crippen LogP contribution in [-0.4, -0.2) is 29.4 Å². The lowest BCUT2D eigenvalue weighted by Gasteiger charge is -2.02. The summed E-state index contributed by atoms with van der Waals surface area (Å²) in [5.41, 5.74) is 2.18. The molecular weight excluding hydrogens is 328 g/mol. The number of fused-ring (bicyclic) bond motifs is 3. The molecule has 0 saturated carbocycles. The van der Waals surface area contributed by atoms with Gasteiger partial charge in [0.05, 0.1) is 23.5 Å². The highest BCUT2D eigenvalue weighted by molar-refractivity contribution is 6.30. The van der Waals surface area contributed by atoms with E-state index in [2.05, 4.69) is 20.2 Å². The summed E-state index contributed by atoms with van der Waals surface area (Å²) in [7, 11) is 0. The first kappa shape index (κ1) is 13.3. The van der Waals surface area contributed by atoms with Crippen LogP contribution in [0.3, 0.4) is 0 Å². The highest BCUT2D eigenvalue weighted by Gasteiger charge is 2.15. The van der Waals surface area contributed by atoms with Crippen LogP contribution in [-0.2, 0) is 0 Å². The first-order valence-electron chi connectivity index (χ1n) is 7.18. The predicted molar refractivity (Wildman–Crippen MR) is 88.1 cm³/mol. The Bertz CT molecular complexity index is 1170. The summed E-state index contributed by atoms with van der Waals surface area (Å²) in [5.74, 6) is 1.11. The molecule has 0 aliphatic carbocycles. The summed E-state index contributed by atoms with van der Waals surface area (Å²) in [6, 6.07) is 11.0. The van der Waals surface area contributed by atoms with E-state index in [1.807, 2.05) is 30.3 Å². The van der Waals surface area contributed by atoms with Crippen LogP contribution < -0.4 is 0 Å². The molecule has 4 heterocycles. The summed E-state index contributed by atoms with van der Waals surface area (Å²) in [6.45, 7) is 0. The molecule has 0 aliphatic heterocycles. The Morgan fingerprint density at radius 1 is 1.08 bits per heavy atom. The fourth-order valence-corrected chi connectivity index (χ4v) is 2.81. The number of hydrogen-bond donors (Lipinski definition) is 0. The van der Waals surface area contributed by atoms with Crippen molar-refractivity contribution < 1.29 is 4.42 Å². The zero-order valence-corrected chi connectivity index (χ0v) is 12.9. The molecule has 116 valence electrons. The van der Waals surface area contributed by atoms with Gasteiger partial charge in [-0.1, -0.05) is 17.7 Å². The predicted octanol–water partition coefficient (Wildman–Crippen LogP) is 3.38. The molecule has 0 aliphatic rings. The number of hydrogen-bond acceptors (Lipinski definition) is 5. The van der Waals surface area contributed by atoms with Crippen LogP contribution in [0.25, 0.3) is 34.0 Å². The first-order chi connectivity index (χ1) is 11.8. The molecule has 0 unspecified atom stereocenters. The van der Waals surface area contributed by atoms with E-state index in [4.69, 9.17) is 16.0 Å². The molecule has 0 bridgehead atoms. The average Bonchev–Trinajstić information content (AvgIpc) is 3.32. The van der Waals surface area contributed by atoms with E-state index in [9.17, 15) is 0 Å². The van der Waals surface area contributed by atoms with Gasteiger partial charge in [-0.05, 0) is 30.3 Å². The molecule has 0 fully saturated rings. The SMILES string of the molecule is Clc1cccc(-n2ncc3c2ncn2nc(-c4ccco4)nc32)c1. The minimum Gasteiger partial charge on any atom is -0.461 e. The number of nitrogens with zero attached hydrogens (tertiary/aromatic N) is 6. The molecule has 4 aromatic heterocycles. The van der Waals surface area contributed by atoms with Crippen LogP contribution in [0, 0.1) is 0 Å². The number of halogens is 1. The van der Waals surface area contributed by atoms with E-state index in [0.29, 0.717) is 27.9 Å². The number of furan rings is 1. The third-order valence-electron chi connectivity index (χ3n) is 3.70. The Morgan fingerprint density at radius 3 is 2.88 bits per heavy atom. The van der Waals surface area contributed by atoms with Crippen molar-refractivity contribution in [2.45, 2.75) is 0 Å². The molecule has 0 amide bonds. The van der Waals surface area contributed by atoms with Crippen molar-refractivity contribution in [2.75, 3.05) is 0 Å². The van der Waals surface area contributed by atoms with Crippen molar-refractivity contribution in [3.05, 3.63) is 60.2 Å². The fourth-order valence-electron chi connectivity index (χ4n) is 2.63. The second-order valence-corrected chi connectivity index (χ2v) is 5.64. The van der Waals surface area contributed by atoms with Gasteiger partial charge in [0.1, 0.15) is 6.33 Å². The van der Waals surface area contributed by atoms with Gasteiger partial charge in [0.15, 0.2) is 17.1 Å². The third kappa shape index (κ3) is 1.92. The van der Waals surface area contributed by atoms with Crippen molar-refractivity contribution in [3.8, 4) is 17.3 Å². The summed E-state index contributed by atoms with van der Waals surface area (Å²) >= 11 is 6.07. The maximum Gasteiger partial charge on any atom is 0.217 e. The molecule has 0 spiro atoms. The molecule has 24 heavy (non-hydrogen) atoms. The molecule has 5 aromatic rings. The lowest BCUT2D eigenvalue weighted by atomic mass is 10.3. The van der Waals surface area contributed by atoms with E-state index in [1.165, 1.54) is 0 Å². The van der Waals surface area contributed by atoms with Crippen molar-refractivity contribution >= 4 is 28.3 Å². The molecular formula is C16H9ClN6O. The van der Waals surface area contributed by atoms with Gasteiger partial charge in [-0.15, -0.1) is 5.10 Å². The van der Waals surface area contributed by atoms with Crippen LogP contribution >= 0.6 is 11.6 Å². The minimum atomic E-state index is 0.504. The number of benzene rings is 1. The van der Waals surface area contributed by atoms with Gasteiger partial charge in [0.2, 0.25) is 5.82 Å². The van der Waals surface area contributed by atoms with Gasteiger partial charge < -0.3 is 4.42 Å². The summed E-state index contributed by atoms with van der Waals surface area (Å²) < 4.78 is 8.69. The Balaban J connectivity index is 1.75. The molecule has 0 radical (unpaired) electrons. The Hall–Kier alpha value is -3.19. The monoisotopic (exact) mass is 336 g/mol. The second-order valence-electron chi connectivity index (χ2n) is 5.20. The van der Waals surface area contributed by atoms with Crippen LogP contribution in [0.1, 0.15) is 0 Å². The maximum atomic E-state index is 6.07. The van der Waals surface area contributed by atoms with E-state index < -0.39 is 0 Å². The smallest absolute Gasteiger partial charge is 0.217 e. The topological polar surface area (TPSA) is 74.0 Å². The molecule has 8 heteroatoms. The molecule has 5 rings (SSSR count). The highest BCUT2D eigenvalue weighted by atomic mass is 35.5. The largest absolute Gasteiger partial charge is 0.461 e. The Kier molecular flexibility index (Phi) is 2.71. The molecule has 1 aromatic carbocycles. The quantitative estimate of drug-likeness (QED) is 0.494. The van der Waals surface area contributed by atoms with Crippen molar-refractivity contribution in [1.29, 1.82) is 0 Å². The second kappa shape index (κ2) is 4.90. The first-order valence-corrected chi connectivity index (χ1v) is 7.56. The Morgan fingerprint density at radius 2 is 2.04 bits per heavy atom. The molecule has 7 nitrogen and oxygen atoms in total. The number of rotatable bonds is 2. The van der Waals surface area contributed by atoms with Crippen molar-refractivity contribution in [2.24, 2.45) is 0 Å². The average molecular weight is 337 g/mol. The van der Waals surface area contributed by atoms with Gasteiger partial charge in [0.25, 0.3) is 0 Å². The fraction of sp³-hybridized carbons (Fsp3) is 0. The van der Waals surface area contributed by atoms with Crippen LogP contribution in [0.15, 0.2) is 59.6 Å². The zero-order chi connectivity index (χ0) is 16.1. The maximum absolute atomic E-state index is 6.07. The van der Waals surface area contributed by atoms with E-state index in [0.717, 1.165) is 11.1 Å². The molecule has 0 atom stereocenters. The minimum absolute atomic E-state index is 0.504. The third-order valence-corrected chi connectivity index (χ3v) is 3.93. The van der Waals surface area contributed by atoms with Crippen LogP contribution in [0.5, 0.6) is 0 Å². The van der Waals surface area contributed by atoms with Crippen LogP contribution in [0.4, 0.5) is 0 Å². The van der Waals surface area contributed by atoms with Crippen molar-refractivity contribution in [1.82, 2.24) is 29.4 Å². The lowest BCUT2D eigenvalue weighted by molar-refractivity contribution is 0.577. The van der Waals surface area contributed by atoms with Crippen molar-refractivity contribution in [3.63, 3.8) is 0 Å². The van der Waals surface area contributed by atoms with Gasteiger partial charge in [-0.2, -0.15) is 5.10 Å². The molecule has 0 saturated heterocycles. The molecule has 0 N–H and O–H groups in total. The van der Waals surface area contributed by atoms with E-state index in [-0.39, 0.29) is 0 Å². The van der Waals surface area contributed by atoms with Gasteiger partial charge in [0, 0.05) is 5.02 Å². The van der Waals surface area contributed by atoms with Gasteiger partial charge in [-0.25, -0.2) is 19.2 Å². The van der Waals surface area contributed by atoms with Gasteiger partial charge >= 0.3 is 0 Å². The van der Waals surface area contributed by atoms with E-state index >= 15 is 0 Å². The zero-order valence-electron chi connectivity index (χ0n) is 12.2. The standard InChI is InChI=1S/C16H9ClN6O/c17-10-3-1-4-11(7-10)23-15-12(8-19-23)16-20-14(13-5-2-6-24-13)21-22(16)9-18-15/h1-9H.